The summed E-state index contributed by atoms with van der Waals surface area (Å²) in [5.41, 5.74) is 4.66. The number of halogens is 1. The van der Waals surface area contributed by atoms with Crippen LogP contribution in [0.1, 0.15) is 66.7 Å². The lowest BCUT2D eigenvalue weighted by Crippen LogP contribution is -2.26. The van der Waals surface area contributed by atoms with Crippen molar-refractivity contribution in [3.05, 3.63) is 107 Å². The normalized spacial score (nSPS) is 17.1. The van der Waals surface area contributed by atoms with Crippen LogP contribution >= 0.6 is 12.4 Å². The number of carboxylic acid groups (broad SMARTS) is 1. The first-order valence-electron chi connectivity index (χ1n) is 13.2. The van der Waals surface area contributed by atoms with Gasteiger partial charge in [0.1, 0.15) is 11.5 Å². The number of para-hydroxylation sites is 1. The fourth-order valence-electron chi connectivity index (χ4n) is 5.60. The molecular weight excluding hydrogens is 496 g/mol. The summed E-state index contributed by atoms with van der Waals surface area (Å²) in [7, 11) is 0. The van der Waals surface area contributed by atoms with Gasteiger partial charge in [-0.15, -0.1) is 12.4 Å². The van der Waals surface area contributed by atoms with Crippen LogP contribution in [0.4, 0.5) is 0 Å². The Kier molecular flexibility index (Phi) is 8.96. The summed E-state index contributed by atoms with van der Waals surface area (Å²) in [5, 5.41) is 11.7. The van der Waals surface area contributed by atoms with Gasteiger partial charge in [-0.2, -0.15) is 0 Å². The predicted molar refractivity (Wildman–Crippen MR) is 155 cm³/mol. The minimum Gasteiger partial charge on any atom is -0.490 e. The van der Waals surface area contributed by atoms with E-state index in [4.69, 9.17) is 14.6 Å². The minimum absolute atomic E-state index is 0. The maximum Gasteiger partial charge on any atom is 0.341 e. The Balaban J connectivity index is 0.00000336. The molecule has 198 valence electrons. The number of benzene rings is 4. The predicted octanol–water partition coefficient (Wildman–Crippen LogP) is 8.29. The molecule has 5 heteroatoms. The fourth-order valence-corrected chi connectivity index (χ4v) is 5.60. The van der Waals surface area contributed by atoms with Gasteiger partial charge in [0, 0.05) is 11.5 Å². The molecule has 0 radical (unpaired) electrons. The highest BCUT2D eigenvalue weighted by atomic mass is 35.5. The van der Waals surface area contributed by atoms with Gasteiger partial charge in [0.2, 0.25) is 0 Å². The molecule has 4 aromatic carbocycles. The van der Waals surface area contributed by atoms with Crippen molar-refractivity contribution in [2.75, 3.05) is 6.61 Å². The number of carboxylic acids is 1. The molecular formula is C33H35ClO4. The largest absolute Gasteiger partial charge is 0.490 e. The zero-order chi connectivity index (χ0) is 25.8. The topological polar surface area (TPSA) is 55.8 Å². The van der Waals surface area contributed by atoms with E-state index in [1.165, 1.54) is 21.9 Å². The molecule has 0 fully saturated rings. The van der Waals surface area contributed by atoms with Gasteiger partial charge >= 0.3 is 5.97 Å². The molecule has 0 aliphatic carbocycles. The number of ether oxygens (including phenoxy) is 2. The summed E-state index contributed by atoms with van der Waals surface area (Å²) >= 11 is 0. The van der Waals surface area contributed by atoms with E-state index in [9.17, 15) is 4.79 Å². The number of rotatable bonds is 9. The van der Waals surface area contributed by atoms with Crippen LogP contribution in [0.5, 0.6) is 11.5 Å². The van der Waals surface area contributed by atoms with E-state index in [0.29, 0.717) is 11.7 Å². The van der Waals surface area contributed by atoms with E-state index in [1.54, 1.807) is 0 Å². The van der Waals surface area contributed by atoms with Crippen molar-refractivity contribution in [1.82, 2.24) is 0 Å². The standard InChI is InChI=1S/C33H34O4.ClH/c1-22(27-15-8-11-24-10-3-4-13-28(24)27)9-7-12-26-20-30(29-14-5-6-16-31(29)37-26)25-18-17-23(2)32(19-25)36-21-33(34)35;/h3-6,8,10-11,13-19,22,26,30H,7,9,12,20-21H2,1-2H3,(H,34,35);1H/t22-,26?,30?;/m0./s1. The maximum atomic E-state index is 11.0. The van der Waals surface area contributed by atoms with Crippen LogP contribution in [0.3, 0.4) is 0 Å². The van der Waals surface area contributed by atoms with Gasteiger partial charge in [0.25, 0.3) is 0 Å². The van der Waals surface area contributed by atoms with Crippen molar-refractivity contribution in [2.45, 2.75) is 57.5 Å². The highest BCUT2D eigenvalue weighted by molar-refractivity contribution is 5.86. The van der Waals surface area contributed by atoms with Gasteiger partial charge in [0.15, 0.2) is 6.61 Å². The molecule has 0 saturated heterocycles. The summed E-state index contributed by atoms with van der Waals surface area (Å²) in [5.74, 6) is 1.25. The number of carbonyl (C=O) groups is 1. The third kappa shape index (κ3) is 6.14. The second kappa shape index (κ2) is 12.4. The number of hydrogen-bond donors (Lipinski definition) is 1. The first-order chi connectivity index (χ1) is 18.0. The van der Waals surface area contributed by atoms with Gasteiger partial charge in [-0.3, -0.25) is 0 Å². The number of fused-ring (bicyclic) bond motifs is 2. The van der Waals surface area contributed by atoms with Gasteiger partial charge in [-0.1, -0.05) is 79.7 Å². The van der Waals surface area contributed by atoms with Crippen LogP contribution in [0, 0.1) is 6.92 Å². The van der Waals surface area contributed by atoms with Gasteiger partial charge in [0.05, 0.1) is 6.10 Å². The summed E-state index contributed by atoms with van der Waals surface area (Å²) < 4.78 is 12.0. The molecule has 2 unspecified atom stereocenters. The third-order valence-electron chi connectivity index (χ3n) is 7.57. The average Bonchev–Trinajstić information content (AvgIpc) is 2.91. The Bertz CT molecular complexity index is 1390. The van der Waals surface area contributed by atoms with Crippen molar-refractivity contribution in [1.29, 1.82) is 0 Å². The molecule has 1 aliphatic heterocycles. The van der Waals surface area contributed by atoms with Gasteiger partial charge in [-0.05, 0) is 78.1 Å². The molecule has 0 spiro atoms. The lowest BCUT2D eigenvalue weighted by Gasteiger charge is -2.33. The first kappa shape index (κ1) is 27.5. The molecule has 4 nitrogen and oxygen atoms in total. The lowest BCUT2D eigenvalue weighted by molar-refractivity contribution is -0.139. The average molecular weight is 531 g/mol. The third-order valence-corrected chi connectivity index (χ3v) is 7.57. The highest BCUT2D eigenvalue weighted by Gasteiger charge is 2.29. The van der Waals surface area contributed by atoms with Crippen molar-refractivity contribution in [2.24, 2.45) is 0 Å². The molecule has 1 aliphatic rings. The molecule has 0 saturated carbocycles. The molecule has 5 rings (SSSR count). The van der Waals surface area contributed by atoms with Crippen molar-refractivity contribution >= 4 is 29.1 Å². The maximum absolute atomic E-state index is 11.0. The molecule has 0 amide bonds. The van der Waals surface area contributed by atoms with E-state index in [1.807, 2.05) is 25.1 Å². The number of hydrogen-bond acceptors (Lipinski definition) is 3. The Morgan fingerprint density at radius 1 is 1.03 bits per heavy atom. The molecule has 38 heavy (non-hydrogen) atoms. The first-order valence-corrected chi connectivity index (χ1v) is 13.2. The summed E-state index contributed by atoms with van der Waals surface area (Å²) in [6.07, 6.45) is 4.21. The number of aryl methyl sites for hydroxylation is 1. The number of aliphatic carboxylic acids is 1. The fraction of sp³-hybridized carbons (Fsp3) is 0.303. The second-order valence-electron chi connectivity index (χ2n) is 10.2. The van der Waals surface area contributed by atoms with E-state index in [0.717, 1.165) is 42.6 Å². The molecule has 4 aromatic rings. The Morgan fingerprint density at radius 2 is 1.79 bits per heavy atom. The summed E-state index contributed by atoms with van der Waals surface area (Å²) in [6.45, 7) is 3.93. The van der Waals surface area contributed by atoms with Crippen molar-refractivity contribution in [3.63, 3.8) is 0 Å². The molecule has 1 N–H and O–H groups in total. The molecule has 0 bridgehead atoms. The Morgan fingerprint density at radius 3 is 2.63 bits per heavy atom. The van der Waals surface area contributed by atoms with Crippen LogP contribution in [-0.4, -0.2) is 23.8 Å². The van der Waals surface area contributed by atoms with E-state index >= 15 is 0 Å². The quantitative estimate of drug-likeness (QED) is 0.236. The van der Waals surface area contributed by atoms with Crippen LogP contribution in [-0.2, 0) is 4.79 Å². The van der Waals surface area contributed by atoms with Gasteiger partial charge in [-0.25, -0.2) is 4.79 Å². The van der Waals surface area contributed by atoms with Crippen LogP contribution in [0.25, 0.3) is 10.8 Å². The zero-order valence-corrected chi connectivity index (χ0v) is 22.7. The van der Waals surface area contributed by atoms with Gasteiger partial charge < -0.3 is 14.6 Å². The Labute approximate surface area is 231 Å². The highest BCUT2D eigenvalue weighted by Crippen LogP contribution is 2.42. The zero-order valence-electron chi connectivity index (χ0n) is 21.9. The van der Waals surface area contributed by atoms with Crippen molar-refractivity contribution in [3.8, 4) is 11.5 Å². The SMILES string of the molecule is Cc1ccc(C2CC(CCC[C@H](C)c3cccc4ccccc34)Oc3ccccc32)cc1OCC(=O)O.Cl. The molecule has 3 atom stereocenters. The Hall–Kier alpha value is -3.50. The summed E-state index contributed by atoms with van der Waals surface area (Å²) in [4.78, 5) is 11.0. The smallest absolute Gasteiger partial charge is 0.341 e. The van der Waals surface area contributed by atoms with Crippen LogP contribution in [0.2, 0.25) is 0 Å². The lowest BCUT2D eigenvalue weighted by atomic mass is 9.82. The van der Waals surface area contributed by atoms with Crippen molar-refractivity contribution < 1.29 is 19.4 Å². The molecule has 1 heterocycles. The second-order valence-corrected chi connectivity index (χ2v) is 10.2. The van der Waals surface area contributed by atoms with Crippen LogP contribution < -0.4 is 9.47 Å². The van der Waals surface area contributed by atoms with E-state index in [2.05, 4.69) is 73.7 Å². The summed E-state index contributed by atoms with van der Waals surface area (Å²) in [6, 6.07) is 29.7. The van der Waals surface area contributed by atoms with E-state index < -0.39 is 5.97 Å². The molecule has 0 aromatic heterocycles. The van der Waals surface area contributed by atoms with E-state index in [-0.39, 0.29) is 31.0 Å². The monoisotopic (exact) mass is 530 g/mol. The minimum atomic E-state index is -0.973. The van der Waals surface area contributed by atoms with Crippen LogP contribution in [0.15, 0.2) is 84.9 Å².